The smallest absolute Gasteiger partial charge is 0.00667 e. The van der Waals surface area contributed by atoms with Crippen molar-refractivity contribution in [1.29, 1.82) is 0 Å². The topological polar surface area (TPSA) is 12.0 Å². The number of rotatable bonds is 5. The summed E-state index contributed by atoms with van der Waals surface area (Å²) in [7, 11) is 0. The molecule has 1 N–H and O–H groups in total. The van der Waals surface area contributed by atoms with Crippen LogP contribution in [-0.4, -0.2) is 12.1 Å². The minimum Gasteiger partial charge on any atom is -0.312 e. The van der Waals surface area contributed by atoms with E-state index < -0.39 is 0 Å². The van der Waals surface area contributed by atoms with Crippen molar-refractivity contribution in [3.8, 4) is 0 Å². The maximum atomic E-state index is 3.53. The van der Waals surface area contributed by atoms with E-state index in [1.54, 1.807) is 0 Å². The molecule has 11 heavy (non-hydrogen) atoms. The van der Waals surface area contributed by atoms with Crippen LogP contribution in [0.4, 0.5) is 0 Å². The van der Waals surface area contributed by atoms with Gasteiger partial charge in [-0.2, -0.15) is 0 Å². The van der Waals surface area contributed by atoms with Crippen LogP contribution in [0.1, 0.15) is 47.5 Å². The van der Waals surface area contributed by atoms with Crippen LogP contribution in [0, 0.1) is 5.92 Å². The minimum absolute atomic E-state index is 0.615. The van der Waals surface area contributed by atoms with Crippen LogP contribution in [0.5, 0.6) is 0 Å². The molecule has 0 rings (SSSR count). The molecule has 0 aliphatic carbocycles. The van der Waals surface area contributed by atoms with Gasteiger partial charge in [-0.15, -0.1) is 0 Å². The molecule has 1 nitrogen and oxygen atoms in total. The van der Waals surface area contributed by atoms with E-state index in [1.807, 2.05) is 0 Å². The fourth-order valence-electron chi connectivity index (χ4n) is 1.40. The highest BCUT2D eigenvalue weighted by Gasteiger charge is 2.10. The molecule has 0 bridgehead atoms. The number of hydrogen-bond donors (Lipinski definition) is 1. The molecule has 0 spiro atoms. The molecular weight excluding hydrogens is 134 g/mol. The van der Waals surface area contributed by atoms with Gasteiger partial charge in [-0.1, -0.05) is 34.1 Å². The van der Waals surface area contributed by atoms with Crippen molar-refractivity contribution in [3.63, 3.8) is 0 Å². The van der Waals surface area contributed by atoms with Gasteiger partial charge >= 0.3 is 0 Å². The molecule has 0 aromatic heterocycles. The number of hydrogen-bond acceptors (Lipinski definition) is 1. The molecule has 2 atom stereocenters. The SMILES string of the molecule is CCCC(C)C(C)NC(C)C. The Morgan fingerprint density at radius 2 is 1.64 bits per heavy atom. The maximum absolute atomic E-state index is 3.53. The van der Waals surface area contributed by atoms with Crippen molar-refractivity contribution in [1.82, 2.24) is 5.32 Å². The first-order chi connectivity index (χ1) is 5.07. The van der Waals surface area contributed by atoms with Crippen LogP contribution in [0.15, 0.2) is 0 Å². The summed E-state index contributed by atoms with van der Waals surface area (Å²) in [6, 6.07) is 1.28. The Bertz CT molecular complexity index is 88.9. The van der Waals surface area contributed by atoms with Crippen molar-refractivity contribution in [2.24, 2.45) is 5.92 Å². The standard InChI is InChI=1S/C10H23N/c1-6-7-9(4)10(5)11-8(2)3/h8-11H,6-7H2,1-5H3. The third kappa shape index (κ3) is 5.25. The maximum Gasteiger partial charge on any atom is 0.00667 e. The van der Waals surface area contributed by atoms with Crippen molar-refractivity contribution in [2.45, 2.75) is 59.5 Å². The lowest BCUT2D eigenvalue weighted by Gasteiger charge is -2.22. The quantitative estimate of drug-likeness (QED) is 0.647. The number of nitrogens with one attached hydrogen (secondary N) is 1. The van der Waals surface area contributed by atoms with Gasteiger partial charge in [0.1, 0.15) is 0 Å². The van der Waals surface area contributed by atoms with Crippen LogP contribution in [-0.2, 0) is 0 Å². The summed E-state index contributed by atoms with van der Waals surface area (Å²) in [6.45, 7) is 11.3. The molecule has 1 heteroatoms. The average Bonchev–Trinajstić information content (AvgIpc) is 1.86. The zero-order valence-corrected chi connectivity index (χ0v) is 8.65. The molecule has 0 radical (unpaired) electrons. The van der Waals surface area contributed by atoms with Crippen molar-refractivity contribution >= 4 is 0 Å². The van der Waals surface area contributed by atoms with Crippen LogP contribution in [0.2, 0.25) is 0 Å². The zero-order chi connectivity index (χ0) is 8.85. The van der Waals surface area contributed by atoms with Crippen LogP contribution >= 0.6 is 0 Å². The summed E-state index contributed by atoms with van der Waals surface area (Å²) in [4.78, 5) is 0. The molecule has 0 aromatic rings. The molecule has 0 saturated carbocycles. The Labute approximate surface area is 71.6 Å². The molecule has 0 amide bonds. The van der Waals surface area contributed by atoms with Crippen molar-refractivity contribution < 1.29 is 0 Å². The summed E-state index contributed by atoms with van der Waals surface area (Å²) in [5, 5.41) is 3.53. The third-order valence-electron chi connectivity index (χ3n) is 2.19. The molecular formula is C10H23N. The Kier molecular flexibility index (Phi) is 5.57. The van der Waals surface area contributed by atoms with Crippen LogP contribution in [0.3, 0.4) is 0 Å². The second-order valence-corrected chi connectivity index (χ2v) is 3.88. The first-order valence-corrected chi connectivity index (χ1v) is 4.84. The first-order valence-electron chi connectivity index (χ1n) is 4.84. The second-order valence-electron chi connectivity index (χ2n) is 3.88. The lowest BCUT2D eigenvalue weighted by molar-refractivity contribution is 0.354. The fourth-order valence-corrected chi connectivity index (χ4v) is 1.40. The van der Waals surface area contributed by atoms with E-state index in [2.05, 4.69) is 39.9 Å². The van der Waals surface area contributed by atoms with Crippen LogP contribution in [0.25, 0.3) is 0 Å². The molecule has 0 aliphatic rings. The van der Waals surface area contributed by atoms with Gasteiger partial charge in [-0.25, -0.2) is 0 Å². The van der Waals surface area contributed by atoms with E-state index >= 15 is 0 Å². The van der Waals surface area contributed by atoms with Crippen LogP contribution < -0.4 is 5.32 Å². The van der Waals surface area contributed by atoms with Gasteiger partial charge in [0.2, 0.25) is 0 Å². The van der Waals surface area contributed by atoms with E-state index in [1.165, 1.54) is 12.8 Å². The Hall–Kier alpha value is -0.0400. The van der Waals surface area contributed by atoms with E-state index in [0.717, 1.165) is 5.92 Å². The van der Waals surface area contributed by atoms with Gasteiger partial charge in [-0.05, 0) is 19.3 Å². The average molecular weight is 157 g/mol. The summed E-state index contributed by atoms with van der Waals surface area (Å²) >= 11 is 0. The lowest BCUT2D eigenvalue weighted by atomic mass is 9.98. The lowest BCUT2D eigenvalue weighted by Crippen LogP contribution is -2.36. The molecule has 0 saturated heterocycles. The Balaban J connectivity index is 3.54. The van der Waals surface area contributed by atoms with Gasteiger partial charge in [0.25, 0.3) is 0 Å². The molecule has 0 heterocycles. The molecule has 68 valence electrons. The fraction of sp³-hybridized carbons (Fsp3) is 1.00. The minimum atomic E-state index is 0.615. The largest absolute Gasteiger partial charge is 0.312 e. The normalized spacial score (nSPS) is 16.9. The summed E-state index contributed by atoms with van der Waals surface area (Å²) in [6.07, 6.45) is 2.63. The predicted octanol–water partition coefficient (Wildman–Crippen LogP) is 2.81. The second kappa shape index (κ2) is 5.59. The van der Waals surface area contributed by atoms with Gasteiger partial charge in [0, 0.05) is 12.1 Å². The van der Waals surface area contributed by atoms with Gasteiger partial charge in [-0.3, -0.25) is 0 Å². The molecule has 0 aromatic carbocycles. The van der Waals surface area contributed by atoms with Crippen molar-refractivity contribution in [2.75, 3.05) is 0 Å². The predicted molar refractivity (Wildman–Crippen MR) is 51.8 cm³/mol. The Morgan fingerprint density at radius 1 is 1.09 bits per heavy atom. The van der Waals surface area contributed by atoms with E-state index in [4.69, 9.17) is 0 Å². The van der Waals surface area contributed by atoms with E-state index in [-0.39, 0.29) is 0 Å². The highest BCUT2D eigenvalue weighted by molar-refractivity contribution is 4.69. The molecule has 0 fully saturated rings. The molecule has 0 aliphatic heterocycles. The zero-order valence-electron chi connectivity index (χ0n) is 8.65. The summed E-state index contributed by atoms with van der Waals surface area (Å²) in [5.41, 5.74) is 0. The third-order valence-corrected chi connectivity index (χ3v) is 2.19. The van der Waals surface area contributed by atoms with Gasteiger partial charge < -0.3 is 5.32 Å². The van der Waals surface area contributed by atoms with Gasteiger partial charge in [0.05, 0.1) is 0 Å². The van der Waals surface area contributed by atoms with E-state index in [9.17, 15) is 0 Å². The van der Waals surface area contributed by atoms with Crippen molar-refractivity contribution in [3.05, 3.63) is 0 Å². The summed E-state index contributed by atoms with van der Waals surface area (Å²) in [5.74, 6) is 0.808. The monoisotopic (exact) mass is 157 g/mol. The highest BCUT2D eigenvalue weighted by Crippen LogP contribution is 2.10. The molecule has 2 unspecified atom stereocenters. The first kappa shape index (κ1) is 11.0. The van der Waals surface area contributed by atoms with E-state index in [0.29, 0.717) is 12.1 Å². The van der Waals surface area contributed by atoms with Gasteiger partial charge in [0.15, 0.2) is 0 Å². The Morgan fingerprint density at radius 3 is 2.00 bits per heavy atom. The highest BCUT2D eigenvalue weighted by atomic mass is 14.9. The summed E-state index contributed by atoms with van der Waals surface area (Å²) < 4.78 is 0.